The van der Waals surface area contributed by atoms with Gasteiger partial charge < -0.3 is 9.84 Å². The minimum atomic E-state index is -0.761. The van der Waals surface area contributed by atoms with E-state index in [-0.39, 0.29) is 18.3 Å². The Kier molecular flexibility index (Phi) is 6.76. The first-order valence-corrected chi connectivity index (χ1v) is 6.98. The molecule has 0 heterocycles. The number of ether oxygens (including phenoxy) is 1. The average molecular weight is 256 g/mol. The van der Waals surface area contributed by atoms with Crippen molar-refractivity contribution in [2.75, 3.05) is 6.61 Å². The molecule has 0 unspecified atom stereocenters. The standard InChI is InChI=1S/C14H24O4/c1-11-6-8-12(9-7-11)14(17)18-10-4-2-3-5-13(15)16/h11-12H,2-10H2,1H3,(H,15,16). The van der Waals surface area contributed by atoms with Crippen LogP contribution in [0.15, 0.2) is 0 Å². The van der Waals surface area contributed by atoms with Crippen molar-refractivity contribution in [2.45, 2.75) is 58.3 Å². The number of esters is 1. The summed E-state index contributed by atoms with van der Waals surface area (Å²) in [4.78, 5) is 22.0. The second-order valence-corrected chi connectivity index (χ2v) is 5.33. The van der Waals surface area contributed by atoms with Crippen molar-refractivity contribution >= 4 is 11.9 Å². The Morgan fingerprint density at radius 2 is 1.78 bits per heavy atom. The number of carboxylic acid groups (broad SMARTS) is 1. The van der Waals surface area contributed by atoms with E-state index in [4.69, 9.17) is 9.84 Å². The zero-order valence-electron chi connectivity index (χ0n) is 11.2. The number of aliphatic carboxylic acids is 1. The lowest BCUT2D eigenvalue weighted by Gasteiger charge is -2.24. The maximum atomic E-state index is 11.7. The minimum Gasteiger partial charge on any atom is -0.481 e. The van der Waals surface area contributed by atoms with E-state index in [0.29, 0.717) is 13.0 Å². The van der Waals surface area contributed by atoms with E-state index in [1.807, 2.05) is 0 Å². The molecule has 18 heavy (non-hydrogen) atoms. The molecule has 0 aromatic carbocycles. The molecule has 0 bridgehead atoms. The number of carbonyl (C=O) groups excluding carboxylic acids is 1. The summed E-state index contributed by atoms with van der Waals surface area (Å²) in [6.45, 7) is 2.66. The third kappa shape index (κ3) is 6.03. The Morgan fingerprint density at radius 1 is 1.11 bits per heavy atom. The van der Waals surface area contributed by atoms with Gasteiger partial charge in [0, 0.05) is 6.42 Å². The Labute approximate surface area is 109 Å². The predicted octanol–water partition coefficient (Wildman–Crippen LogP) is 3.00. The van der Waals surface area contributed by atoms with E-state index < -0.39 is 5.97 Å². The molecule has 0 aromatic heterocycles. The second kappa shape index (κ2) is 8.11. The van der Waals surface area contributed by atoms with Crippen LogP contribution >= 0.6 is 0 Å². The molecule has 0 aromatic rings. The van der Waals surface area contributed by atoms with Crippen molar-refractivity contribution in [3.63, 3.8) is 0 Å². The summed E-state index contributed by atoms with van der Waals surface area (Å²) in [5.74, 6) is 0.0220. The zero-order valence-corrected chi connectivity index (χ0v) is 11.2. The van der Waals surface area contributed by atoms with E-state index in [2.05, 4.69) is 6.92 Å². The Hall–Kier alpha value is -1.06. The zero-order chi connectivity index (χ0) is 13.4. The van der Waals surface area contributed by atoms with Gasteiger partial charge in [0.1, 0.15) is 0 Å². The third-order valence-corrected chi connectivity index (χ3v) is 3.63. The van der Waals surface area contributed by atoms with Crippen molar-refractivity contribution in [1.82, 2.24) is 0 Å². The van der Waals surface area contributed by atoms with Crippen molar-refractivity contribution in [1.29, 1.82) is 0 Å². The summed E-state index contributed by atoms with van der Waals surface area (Å²) in [5, 5.41) is 8.46. The normalized spacial score (nSPS) is 23.6. The lowest BCUT2D eigenvalue weighted by molar-refractivity contribution is -0.150. The first kappa shape index (κ1) is 15.0. The number of hydrogen-bond acceptors (Lipinski definition) is 3. The molecule has 1 aliphatic carbocycles. The van der Waals surface area contributed by atoms with E-state index >= 15 is 0 Å². The number of unbranched alkanes of at least 4 members (excludes halogenated alkanes) is 2. The summed E-state index contributed by atoms with van der Waals surface area (Å²) < 4.78 is 5.24. The second-order valence-electron chi connectivity index (χ2n) is 5.33. The molecule has 0 aliphatic heterocycles. The van der Waals surface area contributed by atoms with Gasteiger partial charge in [-0.2, -0.15) is 0 Å². The van der Waals surface area contributed by atoms with Crippen LogP contribution in [0.4, 0.5) is 0 Å². The molecule has 104 valence electrons. The highest BCUT2D eigenvalue weighted by Crippen LogP contribution is 2.29. The summed E-state index contributed by atoms with van der Waals surface area (Å²) in [6.07, 6.45) is 6.60. The fraction of sp³-hybridized carbons (Fsp3) is 0.857. The Balaban J connectivity index is 2.01. The Morgan fingerprint density at radius 3 is 2.39 bits per heavy atom. The van der Waals surface area contributed by atoms with Gasteiger partial charge in [-0.05, 0) is 50.9 Å². The van der Waals surface area contributed by atoms with Crippen LogP contribution < -0.4 is 0 Å². The van der Waals surface area contributed by atoms with Crippen molar-refractivity contribution in [3.8, 4) is 0 Å². The fourth-order valence-corrected chi connectivity index (χ4v) is 2.34. The lowest BCUT2D eigenvalue weighted by Crippen LogP contribution is -2.23. The maximum Gasteiger partial charge on any atom is 0.308 e. The average Bonchev–Trinajstić information content (AvgIpc) is 2.34. The highest BCUT2D eigenvalue weighted by Gasteiger charge is 2.25. The minimum absolute atomic E-state index is 0.0554. The number of carboxylic acids is 1. The van der Waals surface area contributed by atoms with Gasteiger partial charge in [0.2, 0.25) is 0 Å². The molecule has 1 rings (SSSR count). The molecule has 4 heteroatoms. The molecular weight excluding hydrogens is 232 g/mol. The summed E-state index contributed by atoms with van der Waals surface area (Å²) in [6, 6.07) is 0. The van der Waals surface area contributed by atoms with E-state index in [1.165, 1.54) is 0 Å². The van der Waals surface area contributed by atoms with Crippen LogP contribution in [0.5, 0.6) is 0 Å². The van der Waals surface area contributed by atoms with Crippen LogP contribution in [-0.2, 0) is 14.3 Å². The van der Waals surface area contributed by atoms with Crippen LogP contribution in [0.1, 0.15) is 58.3 Å². The van der Waals surface area contributed by atoms with Gasteiger partial charge in [-0.3, -0.25) is 9.59 Å². The van der Waals surface area contributed by atoms with Crippen molar-refractivity contribution in [3.05, 3.63) is 0 Å². The molecule has 0 spiro atoms. The van der Waals surface area contributed by atoms with Gasteiger partial charge in [-0.1, -0.05) is 6.92 Å². The number of carbonyl (C=O) groups is 2. The molecule has 1 saturated carbocycles. The molecule has 1 fully saturated rings. The van der Waals surface area contributed by atoms with Crippen molar-refractivity contribution < 1.29 is 19.4 Å². The van der Waals surface area contributed by atoms with Crippen LogP contribution in [0.25, 0.3) is 0 Å². The van der Waals surface area contributed by atoms with Crippen LogP contribution in [0.3, 0.4) is 0 Å². The fourth-order valence-electron chi connectivity index (χ4n) is 2.34. The molecule has 0 atom stereocenters. The quantitative estimate of drug-likeness (QED) is 0.562. The van der Waals surface area contributed by atoms with Crippen molar-refractivity contribution in [2.24, 2.45) is 11.8 Å². The van der Waals surface area contributed by atoms with Gasteiger partial charge in [-0.25, -0.2) is 0 Å². The van der Waals surface area contributed by atoms with Crippen LogP contribution in [0.2, 0.25) is 0 Å². The number of rotatable bonds is 7. The molecule has 0 saturated heterocycles. The van der Waals surface area contributed by atoms with Crippen LogP contribution in [-0.4, -0.2) is 23.7 Å². The molecular formula is C14H24O4. The van der Waals surface area contributed by atoms with E-state index in [1.54, 1.807) is 0 Å². The van der Waals surface area contributed by atoms with Crippen LogP contribution in [0, 0.1) is 11.8 Å². The molecule has 4 nitrogen and oxygen atoms in total. The smallest absolute Gasteiger partial charge is 0.308 e. The molecule has 0 radical (unpaired) electrons. The first-order chi connectivity index (χ1) is 8.59. The predicted molar refractivity (Wildman–Crippen MR) is 68.2 cm³/mol. The first-order valence-electron chi connectivity index (χ1n) is 6.98. The van der Waals surface area contributed by atoms with Gasteiger partial charge in [0.25, 0.3) is 0 Å². The third-order valence-electron chi connectivity index (χ3n) is 3.63. The van der Waals surface area contributed by atoms with Gasteiger partial charge in [0.05, 0.1) is 12.5 Å². The van der Waals surface area contributed by atoms with E-state index in [0.717, 1.165) is 44.4 Å². The summed E-state index contributed by atoms with van der Waals surface area (Å²) in [7, 11) is 0. The summed E-state index contributed by atoms with van der Waals surface area (Å²) in [5.41, 5.74) is 0. The largest absolute Gasteiger partial charge is 0.481 e. The van der Waals surface area contributed by atoms with E-state index in [9.17, 15) is 9.59 Å². The number of hydrogen-bond donors (Lipinski definition) is 1. The summed E-state index contributed by atoms with van der Waals surface area (Å²) >= 11 is 0. The monoisotopic (exact) mass is 256 g/mol. The topological polar surface area (TPSA) is 63.6 Å². The maximum absolute atomic E-state index is 11.7. The highest BCUT2D eigenvalue weighted by molar-refractivity contribution is 5.72. The Bertz CT molecular complexity index is 267. The lowest BCUT2D eigenvalue weighted by atomic mass is 9.83. The highest BCUT2D eigenvalue weighted by atomic mass is 16.5. The SMILES string of the molecule is CC1CCC(C(=O)OCCCCCC(=O)O)CC1. The van der Waals surface area contributed by atoms with Gasteiger partial charge in [0.15, 0.2) is 0 Å². The molecule has 0 amide bonds. The van der Waals surface area contributed by atoms with Gasteiger partial charge in [-0.15, -0.1) is 0 Å². The molecule has 1 N–H and O–H groups in total. The molecule has 1 aliphatic rings. The van der Waals surface area contributed by atoms with Gasteiger partial charge >= 0.3 is 11.9 Å².